The zero-order chi connectivity index (χ0) is 25.9. The van der Waals surface area contributed by atoms with E-state index in [2.05, 4.69) is 10.4 Å². The van der Waals surface area contributed by atoms with E-state index in [-0.39, 0.29) is 22.9 Å². The van der Waals surface area contributed by atoms with Crippen LogP contribution in [0.1, 0.15) is 39.1 Å². The van der Waals surface area contributed by atoms with Crippen LogP contribution in [-0.4, -0.2) is 28.1 Å². The molecule has 8 heteroatoms. The van der Waals surface area contributed by atoms with Crippen molar-refractivity contribution in [3.63, 3.8) is 0 Å². The Labute approximate surface area is 212 Å². The van der Waals surface area contributed by atoms with E-state index in [9.17, 15) is 14.4 Å². The summed E-state index contributed by atoms with van der Waals surface area (Å²) in [5.74, 6) is -0.474. The first-order valence-electron chi connectivity index (χ1n) is 11.7. The van der Waals surface area contributed by atoms with Gasteiger partial charge in [0.25, 0.3) is 5.91 Å². The summed E-state index contributed by atoms with van der Waals surface area (Å²) in [5.41, 5.74) is 1.80. The van der Waals surface area contributed by atoms with Crippen LogP contribution in [0.4, 0.5) is 5.69 Å². The van der Waals surface area contributed by atoms with Crippen molar-refractivity contribution in [3.8, 4) is 11.4 Å². The van der Waals surface area contributed by atoms with Gasteiger partial charge in [-0.1, -0.05) is 42.0 Å². The fraction of sp³-hybridized carbons (Fsp3) is 0.103. The number of fused-ring (bicyclic) bond motifs is 1. The van der Waals surface area contributed by atoms with E-state index in [0.29, 0.717) is 34.6 Å². The summed E-state index contributed by atoms with van der Waals surface area (Å²) in [4.78, 5) is 39.2. The average Bonchev–Trinajstić information content (AvgIpc) is 3.28. The normalized spacial score (nSPS) is 10.9. The Kier molecular flexibility index (Phi) is 6.38. The summed E-state index contributed by atoms with van der Waals surface area (Å²) in [6.45, 7) is 4.36. The zero-order valence-corrected chi connectivity index (χ0v) is 20.2. The van der Waals surface area contributed by atoms with E-state index in [1.54, 1.807) is 60.7 Å². The van der Waals surface area contributed by atoms with E-state index in [4.69, 9.17) is 9.15 Å². The Bertz CT molecular complexity index is 1670. The summed E-state index contributed by atoms with van der Waals surface area (Å²) < 4.78 is 12.7. The highest BCUT2D eigenvalue weighted by molar-refractivity contribution is 6.18. The average molecular weight is 494 g/mol. The number of hydrogen-bond donors (Lipinski definition) is 1. The number of carbonyl (C=O) groups is 2. The molecule has 37 heavy (non-hydrogen) atoms. The zero-order valence-electron chi connectivity index (χ0n) is 20.2. The number of nitrogens with zero attached hydrogens (tertiary/aromatic N) is 2. The maximum Gasteiger partial charge on any atom is 0.280 e. The summed E-state index contributed by atoms with van der Waals surface area (Å²) in [6, 6.07) is 22.4. The Hall–Kier alpha value is -4.98. The Morgan fingerprint density at radius 2 is 1.70 bits per heavy atom. The van der Waals surface area contributed by atoms with E-state index >= 15 is 0 Å². The molecular formula is C29H23N3O5. The van der Waals surface area contributed by atoms with Crippen LogP contribution in [0, 0.1) is 6.92 Å². The molecule has 0 saturated carbocycles. The molecule has 0 aliphatic rings. The number of amides is 1. The first-order valence-corrected chi connectivity index (χ1v) is 11.7. The van der Waals surface area contributed by atoms with E-state index in [0.717, 1.165) is 5.56 Å². The fourth-order valence-electron chi connectivity index (χ4n) is 3.91. The van der Waals surface area contributed by atoms with Crippen LogP contribution < -0.4 is 15.5 Å². The fourth-order valence-corrected chi connectivity index (χ4v) is 3.91. The number of aryl methyl sites for hydroxylation is 1. The van der Waals surface area contributed by atoms with Crippen molar-refractivity contribution in [2.75, 3.05) is 11.9 Å². The topological polar surface area (TPSA) is 103 Å². The third kappa shape index (κ3) is 4.77. The first kappa shape index (κ1) is 23.7. The number of hydrogen-bond acceptors (Lipinski definition) is 6. The van der Waals surface area contributed by atoms with Crippen LogP contribution >= 0.6 is 0 Å². The lowest BCUT2D eigenvalue weighted by atomic mass is 10.1. The number of rotatable bonds is 7. The number of carbonyl (C=O) groups excluding carboxylic acids is 2. The summed E-state index contributed by atoms with van der Waals surface area (Å²) in [6.07, 6.45) is 1.48. The van der Waals surface area contributed by atoms with Crippen LogP contribution in [0.25, 0.3) is 16.7 Å². The van der Waals surface area contributed by atoms with Crippen LogP contribution in [-0.2, 0) is 0 Å². The van der Waals surface area contributed by atoms with Crippen molar-refractivity contribution in [2.24, 2.45) is 0 Å². The Morgan fingerprint density at radius 1 is 0.973 bits per heavy atom. The third-order valence-corrected chi connectivity index (χ3v) is 5.79. The van der Waals surface area contributed by atoms with Gasteiger partial charge in [0.1, 0.15) is 11.3 Å². The Morgan fingerprint density at radius 3 is 2.43 bits per heavy atom. The van der Waals surface area contributed by atoms with Gasteiger partial charge in [0.2, 0.25) is 11.2 Å². The molecule has 0 saturated heterocycles. The molecule has 0 bridgehead atoms. The number of benzene rings is 3. The van der Waals surface area contributed by atoms with Crippen LogP contribution in [0.15, 0.2) is 94.3 Å². The largest absolute Gasteiger partial charge is 0.494 e. The minimum Gasteiger partial charge on any atom is -0.494 e. The van der Waals surface area contributed by atoms with E-state index in [1.807, 2.05) is 26.0 Å². The van der Waals surface area contributed by atoms with Gasteiger partial charge in [0, 0.05) is 23.2 Å². The number of anilines is 1. The van der Waals surface area contributed by atoms with Crippen LogP contribution in [0.5, 0.6) is 5.75 Å². The summed E-state index contributed by atoms with van der Waals surface area (Å²) >= 11 is 0. The Balaban J connectivity index is 1.51. The minimum absolute atomic E-state index is 0.0267. The van der Waals surface area contributed by atoms with Gasteiger partial charge in [-0.3, -0.25) is 14.4 Å². The second-order valence-electron chi connectivity index (χ2n) is 8.35. The second-order valence-corrected chi connectivity index (χ2v) is 8.35. The molecule has 0 radical (unpaired) electrons. The monoisotopic (exact) mass is 493 g/mol. The molecule has 0 atom stereocenters. The highest BCUT2D eigenvalue weighted by atomic mass is 16.5. The predicted octanol–water partition coefficient (Wildman–Crippen LogP) is 5.17. The quantitative estimate of drug-likeness (QED) is 0.314. The van der Waals surface area contributed by atoms with Crippen molar-refractivity contribution in [2.45, 2.75) is 13.8 Å². The molecule has 8 nitrogen and oxygen atoms in total. The van der Waals surface area contributed by atoms with Crippen molar-refractivity contribution in [1.29, 1.82) is 0 Å². The van der Waals surface area contributed by atoms with Crippen molar-refractivity contribution >= 4 is 28.3 Å². The molecule has 0 aliphatic carbocycles. The number of aromatic nitrogens is 2. The number of furan rings is 1. The number of ether oxygens (including phenoxy) is 1. The van der Waals surface area contributed by atoms with Gasteiger partial charge in [-0.15, -0.1) is 0 Å². The minimum atomic E-state index is -0.755. The molecule has 2 aromatic heterocycles. The highest BCUT2D eigenvalue weighted by Crippen LogP contribution is 2.32. The van der Waals surface area contributed by atoms with Gasteiger partial charge in [0.15, 0.2) is 11.5 Å². The highest BCUT2D eigenvalue weighted by Gasteiger charge is 2.25. The molecule has 5 aromatic rings. The predicted molar refractivity (Wildman–Crippen MR) is 140 cm³/mol. The van der Waals surface area contributed by atoms with Gasteiger partial charge >= 0.3 is 0 Å². The molecule has 0 fully saturated rings. The van der Waals surface area contributed by atoms with E-state index in [1.165, 1.54) is 16.9 Å². The van der Waals surface area contributed by atoms with Gasteiger partial charge in [-0.25, -0.2) is 4.68 Å². The van der Waals surface area contributed by atoms with Crippen molar-refractivity contribution in [1.82, 2.24) is 9.78 Å². The molecule has 1 amide bonds. The van der Waals surface area contributed by atoms with Crippen LogP contribution in [0.3, 0.4) is 0 Å². The molecule has 1 N–H and O–H groups in total. The van der Waals surface area contributed by atoms with Gasteiger partial charge in [0.05, 0.1) is 18.0 Å². The van der Waals surface area contributed by atoms with Gasteiger partial charge < -0.3 is 14.5 Å². The summed E-state index contributed by atoms with van der Waals surface area (Å²) in [5, 5.41) is 7.50. The second kappa shape index (κ2) is 9.94. The lowest BCUT2D eigenvalue weighted by molar-refractivity contribution is 0.101. The molecule has 0 spiro atoms. The van der Waals surface area contributed by atoms with Crippen molar-refractivity contribution < 1.29 is 18.7 Å². The number of ketones is 1. The standard InChI is InChI=1S/C29H23N3O5/c1-3-36-21-14-12-20(13-15-21)32-17-16-23(33)26(31-32)29(35)30-25-22-6-4-5-7-24(22)37-28(25)27(34)19-10-8-18(2)9-11-19/h4-17H,3H2,1-2H3,(H,30,35). The molecule has 5 rings (SSSR count). The number of nitrogens with one attached hydrogen (secondary N) is 1. The van der Waals surface area contributed by atoms with Crippen molar-refractivity contribution in [3.05, 3.63) is 118 Å². The first-order chi connectivity index (χ1) is 17.9. The molecule has 184 valence electrons. The third-order valence-electron chi connectivity index (χ3n) is 5.79. The molecule has 2 heterocycles. The maximum absolute atomic E-state index is 13.3. The maximum atomic E-state index is 13.3. The van der Waals surface area contributed by atoms with Crippen LogP contribution in [0.2, 0.25) is 0 Å². The van der Waals surface area contributed by atoms with Gasteiger partial charge in [-0.2, -0.15) is 5.10 Å². The van der Waals surface area contributed by atoms with Gasteiger partial charge in [-0.05, 0) is 50.2 Å². The lowest BCUT2D eigenvalue weighted by Gasteiger charge is -2.09. The number of para-hydroxylation sites is 1. The van der Waals surface area contributed by atoms with E-state index < -0.39 is 11.3 Å². The molecule has 0 unspecified atom stereocenters. The lowest BCUT2D eigenvalue weighted by Crippen LogP contribution is -2.26. The SMILES string of the molecule is CCOc1ccc(-n2ccc(=O)c(C(=O)Nc3c(C(=O)c4ccc(C)cc4)oc4ccccc34)n2)cc1. The molecular weight excluding hydrogens is 470 g/mol. The molecule has 0 aliphatic heterocycles. The summed E-state index contributed by atoms with van der Waals surface area (Å²) in [7, 11) is 0. The molecule has 3 aromatic carbocycles. The smallest absolute Gasteiger partial charge is 0.280 e.